The third-order valence-corrected chi connectivity index (χ3v) is 4.74. The number of nitrogens with one attached hydrogen (secondary N) is 1. The fourth-order valence-electron chi connectivity index (χ4n) is 2.55. The van der Waals surface area contributed by atoms with Gasteiger partial charge in [0.15, 0.2) is 0 Å². The number of carbonyl (C=O) groups excluding carboxylic acids is 1. The zero-order valence-corrected chi connectivity index (χ0v) is 12.1. The highest BCUT2D eigenvalue weighted by molar-refractivity contribution is 7.99. The van der Waals surface area contributed by atoms with Crippen molar-refractivity contribution in [2.45, 2.75) is 57.0 Å². The fraction of sp³-hybridized carbons (Fsp3) is 0.923. The summed E-state index contributed by atoms with van der Waals surface area (Å²) >= 11 is 1.83. The van der Waals surface area contributed by atoms with Crippen molar-refractivity contribution in [3.63, 3.8) is 0 Å². The zero-order valence-electron chi connectivity index (χ0n) is 11.3. The van der Waals surface area contributed by atoms with Crippen molar-refractivity contribution in [1.29, 1.82) is 0 Å². The van der Waals surface area contributed by atoms with Gasteiger partial charge in [0.1, 0.15) is 0 Å². The van der Waals surface area contributed by atoms with Crippen molar-refractivity contribution >= 4 is 17.7 Å². The normalized spacial score (nSPS) is 28.2. The van der Waals surface area contributed by atoms with Gasteiger partial charge in [-0.1, -0.05) is 20.8 Å². The minimum Gasteiger partial charge on any atom is -0.324 e. The molecule has 3 nitrogen and oxygen atoms in total. The molecule has 0 bridgehead atoms. The maximum absolute atomic E-state index is 12.4. The SMILES string of the molecule is CSC(C)CN1C(=O)C2(CC2)NC1CC(C)C. The first-order chi connectivity index (χ1) is 7.98. The van der Waals surface area contributed by atoms with E-state index in [1.807, 2.05) is 11.8 Å². The first-order valence-electron chi connectivity index (χ1n) is 6.60. The molecule has 2 fully saturated rings. The van der Waals surface area contributed by atoms with Gasteiger partial charge in [-0.25, -0.2) is 0 Å². The Labute approximate surface area is 109 Å². The molecule has 2 atom stereocenters. The summed E-state index contributed by atoms with van der Waals surface area (Å²) in [5.41, 5.74) is -0.155. The second kappa shape index (κ2) is 4.81. The molecule has 1 heterocycles. The van der Waals surface area contributed by atoms with Crippen molar-refractivity contribution in [2.75, 3.05) is 12.8 Å². The Hall–Kier alpha value is -0.220. The highest BCUT2D eigenvalue weighted by Gasteiger charge is 2.58. The number of nitrogens with zero attached hydrogens (tertiary/aromatic N) is 1. The van der Waals surface area contributed by atoms with Gasteiger partial charge in [0.25, 0.3) is 0 Å². The molecule has 0 aromatic carbocycles. The van der Waals surface area contributed by atoms with E-state index in [2.05, 4.69) is 37.2 Å². The molecule has 1 saturated heterocycles. The lowest BCUT2D eigenvalue weighted by molar-refractivity contribution is -0.130. The molecule has 1 aliphatic heterocycles. The van der Waals surface area contributed by atoms with Gasteiger partial charge in [-0.2, -0.15) is 11.8 Å². The molecule has 17 heavy (non-hydrogen) atoms. The van der Waals surface area contributed by atoms with E-state index in [0.29, 0.717) is 17.1 Å². The quantitative estimate of drug-likeness (QED) is 0.817. The highest BCUT2D eigenvalue weighted by atomic mass is 32.2. The van der Waals surface area contributed by atoms with Crippen LogP contribution in [0.25, 0.3) is 0 Å². The van der Waals surface area contributed by atoms with Crippen molar-refractivity contribution < 1.29 is 4.79 Å². The monoisotopic (exact) mass is 256 g/mol. The number of rotatable bonds is 5. The minimum atomic E-state index is -0.155. The maximum Gasteiger partial charge on any atom is 0.244 e. The van der Waals surface area contributed by atoms with Crippen LogP contribution in [0, 0.1) is 5.92 Å². The Bertz CT molecular complexity index is 302. The zero-order chi connectivity index (χ0) is 12.6. The maximum atomic E-state index is 12.4. The molecular weight excluding hydrogens is 232 g/mol. The first-order valence-corrected chi connectivity index (χ1v) is 7.89. The van der Waals surface area contributed by atoms with Crippen LogP contribution in [0.4, 0.5) is 0 Å². The average molecular weight is 256 g/mol. The Kier molecular flexibility index (Phi) is 3.74. The van der Waals surface area contributed by atoms with Crippen LogP contribution in [0.3, 0.4) is 0 Å². The number of amides is 1. The molecule has 1 aliphatic carbocycles. The summed E-state index contributed by atoms with van der Waals surface area (Å²) < 4.78 is 0. The van der Waals surface area contributed by atoms with Crippen LogP contribution >= 0.6 is 11.8 Å². The van der Waals surface area contributed by atoms with E-state index in [1.165, 1.54) is 0 Å². The topological polar surface area (TPSA) is 32.3 Å². The molecule has 2 aliphatic rings. The minimum absolute atomic E-state index is 0.155. The van der Waals surface area contributed by atoms with Gasteiger partial charge >= 0.3 is 0 Å². The fourth-order valence-corrected chi connectivity index (χ4v) is 2.86. The summed E-state index contributed by atoms with van der Waals surface area (Å²) in [6.07, 6.45) is 5.51. The molecule has 98 valence electrons. The van der Waals surface area contributed by atoms with E-state index in [-0.39, 0.29) is 11.7 Å². The summed E-state index contributed by atoms with van der Waals surface area (Å²) in [6, 6.07) is 0. The largest absolute Gasteiger partial charge is 0.324 e. The molecule has 2 unspecified atom stereocenters. The molecule has 0 aromatic rings. The van der Waals surface area contributed by atoms with E-state index in [1.54, 1.807) is 0 Å². The van der Waals surface area contributed by atoms with Crippen LogP contribution in [0.1, 0.15) is 40.0 Å². The Morgan fingerprint density at radius 3 is 2.59 bits per heavy atom. The molecular formula is C13H24N2OS. The van der Waals surface area contributed by atoms with Gasteiger partial charge in [-0.3, -0.25) is 10.1 Å². The smallest absolute Gasteiger partial charge is 0.244 e. The third kappa shape index (κ3) is 2.63. The molecule has 2 rings (SSSR count). The van der Waals surface area contributed by atoms with Gasteiger partial charge in [0, 0.05) is 11.8 Å². The van der Waals surface area contributed by atoms with Crippen LogP contribution in [0.2, 0.25) is 0 Å². The number of hydrogen-bond donors (Lipinski definition) is 1. The molecule has 1 N–H and O–H groups in total. The molecule has 4 heteroatoms. The van der Waals surface area contributed by atoms with Gasteiger partial charge < -0.3 is 4.90 Å². The summed E-state index contributed by atoms with van der Waals surface area (Å²) in [5, 5.41) is 4.09. The predicted octanol–water partition coefficient (Wildman–Crippen LogP) is 2.07. The Balaban J connectivity index is 2.05. The van der Waals surface area contributed by atoms with Crippen LogP contribution in [-0.4, -0.2) is 40.6 Å². The van der Waals surface area contributed by atoms with Crippen LogP contribution in [0.5, 0.6) is 0 Å². The van der Waals surface area contributed by atoms with Crippen molar-refractivity contribution in [1.82, 2.24) is 10.2 Å². The summed E-state index contributed by atoms with van der Waals surface area (Å²) in [7, 11) is 0. The van der Waals surface area contributed by atoms with Crippen LogP contribution in [-0.2, 0) is 4.79 Å². The van der Waals surface area contributed by atoms with Gasteiger partial charge in [0.05, 0.1) is 11.7 Å². The summed E-state index contributed by atoms with van der Waals surface area (Å²) in [5.74, 6) is 0.977. The van der Waals surface area contributed by atoms with Crippen LogP contribution in [0.15, 0.2) is 0 Å². The van der Waals surface area contributed by atoms with Crippen molar-refractivity contribution in [3.8, 4) is 0 Å². The lowest BCUT2D eigenvalue weighted by atomic mass is 10.1. The van der Waals surface area contributed by atoms with Gasteiger partial charge in [0.2, 0.25) is 5.91 Å². The molecule has 0 radical (unpaired) electrons. The van der Waals surface area contributed by atoms with E-state index in [0.717, 1.165) is 25.8 Å². The Morgan fingerprint density at radius 2 is 2.12 bits per heavy atom. The number of hydrogen-bond acceptors (Lipinski definition) is 3. The number of carbonyl (C=O) groups is 1. The highest BCUT2D eigenvalue weighted by Crippen LogP contribution is 2.43. The third-order valence-electron chi connectivity index (χ3n) is 3.79. The molecule has 1 amide bonds. The summed E-state index contributed by atoms with van der Waals surface area (Å²) in [4.78, 5) is 14.5. The van der Waals surface area contributed by atoms with Gasteiger partial charge in [-0.15, -0.1) is 0 Å². The summed E-state index contributed by atoms with van der Waals surface area (Å²) in [6.45, 7) is 7.52. The average Bonchev–Trinajstić information content (AvgIpc) is 2.99. The lowest BCUT2D eigenvalue weighted by Gasteiger charge is -2.27. The second-order valence-corrected chi connectivity index (χ2v) is 7.15. The second-order valence-electron chi connectivity index (χ2n) is 5.88. The molecule has 1 saturated carbocycles. The van der Waals surface area contributed by atoms with E-state index >= 15 is 0 Å². The number of thioether (sulfide) groups is 1. The predicted molar refractivity (Wildman–Crippen MR) is 73.0 cm³/mol. The van der Waals surface area contributed by atoms with E-state index in [4.69, 9.17) is 0 Å². The van der Waals surface area contributed by atoms with Crippen molar-refractivity contribution in [3.05, 3.63) is 0 Å². The standard InChI is InChI=1S/C13H24N2OS/c1-9(2)7-11-14-13(5-6-13)12(16)15(11)8-10(3)17-4/h9-11,14H,5-8H2,1-4H3. The lowest BCUT2D eigenvalue weighted by Crippen LogP contribution is -2.41. The van der Waals surface area contributed by atoms with Gasteiger partial charge in [-0.05, 0) is 31.4 Å². The van der Waals surface area contributed by atoms with Crippen molar-refractivity contribution in [2.24, 2.45) is 5.92 Å². The molecule has 1 spiro atoms. The van der Waals surface area contributed by atoms with Crippen LogP contribution < -0.4 is 5.32 Å². The Morgan fingerprint density at radius 1 is 1.47 bits per heavy atom. The van der Waals surface area contributed by atoms with E-state index in [9.17, 15) is 4.79 Å². The first kappa shape index (κ1) is 13.2. The molecule has 0 aromatic heterocycles. The van der Waals surface area contributed by atoms with E-state index < -0.39 is 0 Å².